The summed E-state index contributed by atoms with van der Waals surface area (Å²) in [6.45, 7) is 4.45. The first kappa shape index (κ1) is 17.4. The highest BCUT2D eigenvalue weighted by atomic mass is 32.2. The molecule has 0 saturated heterocycles. The molecule has 2 heterocycles. The lowest BCUT2D eigenvalue weighted by Crippen LogP contribution is -1.89. The molecule has 2 nitrogen and oxygen atoms in total. The van der Waals surface area contributed by atoms with E-state index in [9.17, 15) is 0 Å². The summed E-state index contributed by atoms with van der Waals surface area (Å²) in [5, 5.41) is 0. The Hall–Kier alpha value is -1.00. The predicted octanol–water partition coefficient (Wildman–Crippen LogP) is 5.93. The van der Waals surface area contributed by atoms with Gasteiger partial charge in [0.05, 0.1) is 11.4 Å². The molecule has 0 unspecified atom stereocenters. The van der Waals surface area contributed by atoms with Gasteiger partial charge in [0.25, 0.3) is 0 Å². The maximum Gasteiger partial charge on any atom is 0.0897 e. The molecule has 0 fully saturated rings. The summed E-state index contributed by atoms with van der Waals surface area (Å²) in [4.78, 5) is 11.5. The summed E-state index contributed by atoms with van der Waals surface area (Å²) in [6.07, 6.45) is 8.77. The fraction of sp³-hybridized carbons (Fsp3) is 0.444. The van der Waals surface area contributed by atoms with Crippen molar-refractivity contribution in [3.8, 4) is 11.4 Å². The van der Waals surface area contributed by atoms with Crippen molar-refractivity contribution in [1.82, 2.24) is 9.97 Å². The van der Waals surface area contributed by atoms with Gasteiger partial charge in [-0.1, -0.05) is 26.7 Å². The largest absolute Gasteiger partial charge is 0.255 e. The minimum Gasteiger partial charge on any atom is -0.255 e. The highest BCUT2D eigenvalue weighted by Gasteiger charge is 2.04. The number of thioether (sulfide) groups is 2. The van der Waals surface area contributed by atoms with E-state index in [4.69, 9.17) is 0 Å². The Bertz CT molecular complexity index is 521. The van der Waals surface area contributed by atoms with Gasteiger partial charge in [-0.15, -0.1) is 23.5 Å². The predicted molar refractivity (Wildman–Crippen MR) is 98.7 cm³/mol. The van der Waals surface area contributed by atoms with Crippen LogP contribution in [0.2, 0.25) is 0 Å². The summed E-state index contributed by atoms with van der Waals surface area (Å²) in [7, 11) is 0. The third kappa shape index (κ3) is 5.65. The van der Waals surface area contributed by atoms with Crippen molar-refractivity contribution < 1.29 is 0 Å². The Morgan fingerprint density at radius 1 is 0.773 bits per heavy atom. The molecule has 0 atom stereocenters. The molecule has 0 radical (unpaired) electrons. The van der Waals surface area contributed by atoms with Crippen LogP contribution in [0.15, 0.2) is 46.5 Å². The first-order chi connectivity index (χ1) is 10.8. The Morgan fingerprint density at radius 3 is 1.64 bits per heavy atom. The molecule has 0 bridgehead atoms. The molecule has 2 rings (SSSR count). The standard InChI is InChI=1S/C18H24N2S2/c1-3-5-11-21-15-7-9-19-17(13-15)18-14-16(8-10-20-18)22-12-6-4-2/h7-10,13-14H,3-6,11-12H2,1-2H3. The quantitative estimate of drug-likeness (QED) is 0.420. The molecule has 0 amide bonds. The lowest BCUT2D eigenvalue weighted by Gasteiger charge is -2.06. The van der Waals surface area contributed by atoms with Crippen LogP contribution in [0.1, 0.15) is 39.5 Å². The van der Waals surface area contributed by atoms with E-state index in [1.807, 2.05) is 35.9 Å². The van der Waals surface area contributed by atoms with Gasteiger partial charge in [-0.05, 0) is 48.6 Å². The zero-order chi connectivity index (χ0) is 15.6. The topological polar surface area (TPSA) is 25.8 Å². The zero-order valence-corrected chi connectivity index (χ0v) is 15.1. The van der Waals surface area contributed by atoms with Gasteiger partial charge in [-0.2, -0.15) is 0 Å². The number of unbranched alkanes of at least 4 members (excludes halogenated alkanes) is 2. The molecule has 0 spiro atoms. The molecule has 0 aliphatic heterocycles. The van der Waals surface area contributed by atoms with Gasteiger partial charge in [0, 0.05) is 22.2 Å². The monoisotopic (exact) mass is 332 g/mol. The van der Waals surface area contributed by atoms with Crippen LogP contribution in [0.5, 0.6) is 0 Å². The van der Waals surface area contributed by atoms with Crippen LogP contribution in [-0.4, -0.2) is 21.5 Å². The van der Waals surface area contributed by atoms with Crippen LogP contribution in [0.4, 0.5) is 0 Å². The molecule has 4 heteroatoms. The zero-order valence-electron chi connectivity index (χ0n) is 13.4. The first-order valence-corrected chi connectivity index (χ1v) is 9.98. The van der Waals surface area contributed by atoms with Crippen molar-refractivity contribution in [2.24, 2.45) is 0 Å². The van der Waals surface area contributed by atoms with Crippen LogP contribution in [-0.2, 0) is 0 Å². The average Bonchev–Trinajstić information content (AvgIpc) is 2.56. The van der Waals surface area contributed by atoms with Crippen molar-refractivity contribution in [2.75, 3.05) is 11.5 Å². The molecular weight excluding hydrogens is 308 g/mol. The second-order valence-corrected chi connectivity index (χ2v) is 7.49. The Morgan fingerprint density at radius 2 is 1.23 bits per heavy atom. The summed E-state index contributed by atoms with van der Waals surface area (Å²) < 4.78 is 0. The third-order valence-corrected chi connectivity index (χ3v) is 5.42. The highest BCUT2D eigenvalue weighted by Crippen LogP contribution is 2.26. The third-order valence-electron chi connectivity index (χ3n) is 3.26. The summed E-state index contributed by atoms with van der Waals surface area (Å²) >= 11 is 3.80. The van der Waals surface area contributed by atoms with Gasteiger partial charge in [0.2, 0.25) is 0 Å². The molecule has 0 aliphatic carbocycles. The molecule has 118 valence electrons. The maximum atomic E-state index is 4.49. The van der Waals surface area contributed by atoms with Crippen molar-refractivity contribution in [1.29, 1.82) is 0 Å². The van der Waals surface area contributed by atoms with E-state index in [-0.39, 0.29) is 0 Å². The van der Waals surface area contributed by atoms with Gasteiger partial charge in [0.15, 0.2) is 0 Å². The van der Waals surface area contributed by atoms with Crippen molar-refractivity contribution >= 4 is 23.5 Å². The summed E-state index contributed by atoms with van der Waals surface area (Å²) in [5.74, 6) is 2.33. The number of hydrogen-bond acceptors (Lipinski definition) is 4. The minimum atomic E-state index is 0.972. The van der Waals surface area contributed by atoms with E-state index >= 15 is 0 Å². The molecule has 0 N–H and O–H groups in total. The van der Waals surface area contributed by atoms with Crippen molar-refractivity contribution in [2.45, 2.75) is 49.3 Å². The Kier molecular flexibility index (Phi) is 7.81. The second-order valence-electron chi connectivity index (χ2n) is 5.16. The Balaban J connectivity index is 2.07. The lowest BCUT2D eigenvalue weighted by atomic mass is 10.2. The summed E-state index contributed by atoms with van der Waals surface area (Å²) in [5.41, 5.74) is 1.94. The number of hydrogen-bond donors (Lipinski definition) is 0. The normalized spacial score (nSPS) is 10.8. The van der Waals surface area contributed by atoms with Gasteiger partial charge in [-0.25, -0.2) is 0 Å². The van der Waals surface area contributed by atoms with Gasteiger partial charge in [-0.3, -0.25) is 9.97 Å². The van der Waals surface area contributed by atoms with Crippen LogP contribution in [0, 0.1) is 0 Å². The molecule has 0 aliphatic rings. The highest BCUT2D eigenvalue weighted by molar-refractivity contribution is 7.99. The van der Waals surface area contributed by atoms with E-state index < -0.39 is 0 Å². The molecule has 2 aromatic heterocycles. The van der Waals surface area contributed by atoms with Crippen molar-refractivity contribution in [3.63, 3.8) is 0 Å². The minimum absolute atomic E-state index is 0.972. The van der Waals surface area contributed by atoms with E-state index in [0.717, 1.165) is 11.4 Å². The molecule has 0 saturated carbocycles. The number of aromatic nitrogens is 2. The van der Waals surface area contributed by atoms with Crippen LogP contribution < -0.4 is 0 Å². The number of nitrogens with zero attached hydrogens (tertiary/aromatic N) is 2. The van der Waals surface area contributed by atoms with Gasteiger partial charge in [0.1, 0.15) is 0 Å². The second kappa shape index (κ2) is 9.90. The SMILES string of the molecule is CCCCSc1ccnc(-c2cc(SCCCC)ccn2)c1. The van der Waals surface area contributed by atoms with Crippen LogP contribution in [0.3, 0.4) is 0 Å². The van der Waals surface area contributed by atoms with Gasteiger partial charge < -0.3 is 0 Å². The lowest BCUT2D eigenvalue weighted by molar-refractivity contribution is 0.896. The molecule has 0 aromatic carbocycles. The van der Waals surface area contributed by atoms with Gasteiger partial charge >= 0.3 is 0 Å². The number of pyridine rings is 2. The number of rotatable bonds is 9. The molecular formula is C18H24N2S2. The molecule has 22 heavy (non-hydrogen) atoms. The van der Waals surface area contributed by atoms with Crippen LogP contribution in [0.25, 0.3) is 11.4 Å². The fourth-order valence-electron chi connectivity index (χ4n) is 1.95. The first-order valence-electron chi connectivity index (χ1n) is 8.01. The maximum absolute atomic E-state index is 4.49. The van der Waals surface area contributed by atoms with E-state index in [2.05, 4.69) is 48.1 Å². The fourth-order valence-corrected chi connectivity index (χ4v) is 3.99. The smallest absolute Gasteiger partial charge is 0.0897 e. The van der Waals surface area contributed by atoms with Crippen molar-refractivity contribution in [3.05, 3.63) is 36.7 Å². The van der Waals surface area contributed by atoms with E-state index in [1.54, 1.807) is 0 Å². The molecule has 2 aromatic rings. The van der Waals surface area contributed by atoms with Crippen LogP contribution >= 0.6 is 23.5 Å². The van der Waals surface area contributed by atoms with E-state index in [1.165, 1.54) is 47.0 Å². The van der Waals surface area contributed by atoms with E-state index in [0.29, 0.717) is 0 Å². The average molecular weight is 333 g/mol. The summed E-state index contributed by atoms with van der Waals surface area (Å²) in [6, 6.07) is 8.49. The Labute approximate surface area is 142 Å².